The summed E-state index contributed by atoms with van der Waals surface area (Å²) in [6.07, 6.45) is 5.31. The van der Waals surface area contributed by atoms with Crippen LogP contribution in [0.15, 0.2) is 30.3 Å². The molecule has 2 heteroatoms. The van der Waals surface area contributed by atoms with Crippen molar-refractivity contribution in [2.75, 3.05) is 7.05 Å². The van der Waals surface area contributed by atoms with Gasteiger partial charge in [-0.1, -0.05) is 37.3 Å². The van der Waals surface area contributed by atoms with Crippen molar-refractivity contribution in [1.82, 2.24) is 4.90 Å². The third-order valence-corrected chi connectivity index (χ3v) is 4.21. The Morgan fingerprint density at radius 1 is 1.17 bits per heavy atom. The predicted octanol–water partition coefficient (Wildman–Crippen LogP) is 3.58. The Labute approximate surface area is 110 Å². The van der Waals surface area contributed by atoms with Gasteiger partial charge in [-0.05, 0) is 37.2 Å². The Morgan fingerprint density at radius 3 is 2.33 bits per heavy atom. The fourth-order valence-electron chi connectivity index (χ4n) is 2.97. The van der Waals surface area contributed by atoms with Gasteiger partial charge in [0.05, 0.1) is 0 Å². The lowest BCUT2D eigenvalue weighted by Gasteiger charge is -2.34. The maximum atomic E-state index is 11.7. The molecule has 0 N–H and O–H groups in total. The molecule has 0 spiro atoms. The zero-order valence-corrected chi connectivity index (χ0v) is 11.4. The second-order valence-electron chi connectivity index (χ2n) is 5.27. The van der Waals surface area contributed by atoms with E-state index < -0.39 is 0 Å². The van der Waals surface area contributed by atoms with Crippen molar-refractivity contribution >= 4 is 5.91 Å². The minimum atomic E-state index is 0.276. The van der Waals surface area contributed by atoms with Gasteiger partial charge in [-0.25, -0.2) is 0 Å². The maximum Gasteiger partial charge on any atom is 0.222 e. The minimum Gasteiger partial charge on any atom is -0.343 e. The van der Waals surface area contributed by atoms with Crippen LogP contribution < -0.4 is 0 Å². The molecule has 0 aromatic heterocycles. The standard InChI is InChI=1S/C16H23NO/c1-3-16(18)17(2)15-11-9-14(10-12-15)13-7-5-4-6-8-13/h4-8,14-15H,3,9-12H2,1-2H3. The molecule has 98 valence electrons. The van der Waals surface area contributed by atoms with Crippen LogP contribution in [0.2, 0.25) is 0 Å². The number of carbonyl (C=O) groups is 1. The molecule has 2 rings (SSSR count). The lowest BCUT2D eigenvalue weighted by atomic mass is 9.81. The van der Waals surface area contributed by atoms with E-state index in [1.165, 1.54) is 18.4 Å². The Hall–Kier alpha value is -1.31. The normalized spacial score (nSPS) is 23.7. The highest BCUT2D eigenvalue weighted by Crippen LogP contribution is 2.34. The molecule has 1 aliphatic carbocycles. The fraction of sp³-hybridized carbons (Fsp3) is 0.562. The Balaban J connectivity index is 1.90. The monoisotopic (exact) mass is 245 g/mol. The van der Waals surface area contributed by atoms with E-state index in [9.17, 15) is 4.79 Å². The average Bonchev–Trinajstić information content (AvgIpc) is 2.47. The molecule has 1 fully saturated rings. The van der Waals surface area contributed by atoms with Crippen molar-refractivity contribution in [1.29, 1.82) is 0 Å². The number of nitrogens with zero attached hydrogens (tertiary/aromatic N) is 1. The molecular weight excluding hydrogens is 222 g/mol. The van der Waals surface area contributed by atoms with Crippen LogP contribution in [0.25, 0.3) is 0 Å². The molecule has 1 aliphatic rings. The summed E-state index contributed by atoms with van der Waals surface area (Å²) in [6.45, 7) is 1.94. The van der Waals surface area contributed by atoms with E-state index in [-0.39, 0.29) is 5.91 Å². The highest BCUT2D eigenvalue weighted by Gasteiger charge is 2.26. The Kier molecular flexibility index (Phi) is 4.40. The topological polar surface area (TPSA) is 20.3 Å². The SMILES string of the molecule is CCC(=O)N(C)C1CCC(c2ccccc2)CC1. The van der Waals surface area contributed by atoms with Crippen LogP contribution in [0.4, 0.5) is 0 Å². The molecule has 1 aromatic rings. The summed E-state index contributed by atoms with van der Waals surface area (Å²) in [7, 11) is 1.96. The first-order valence-corrected chi connectivity index (χ1v) is 7.03. The summed E-state index contributed by atoms with van der Waals surface area (Å²) in [5, 5.41) is 0. The highest BCUT2D eigenvalue weighted by molar-refractivity contribution is 5.75. The van der Waals surface area contributed by atoms with Crippen LogP contribution in [-0.4, -0.2) is 23.9 Å². The Morgan fingerprint density at radius 2 is 1.78 bits per heavy atom. The number of carbonyl (C=O) groups excluding carboxylic acids is 1. The lowest BCUT2D eigenvalue weighted by Crippen LogP contribution is -2.38. The number of hydrogen-bond donors (Lipinski definition) is 0. The van der Waals surface area contributed by atoms with Crippen molar-refractivity contribution in [2.45, 2.75) is 51.0 Å². The van der Waals surface area contributed by atoms with E-state index in [2.05, 4.69) is 30.3 Å². The fourth-order valence-corrected chi connectivity index (χ4v) is 2.97. The highest BCUT2D eigenvalue weighted by atomic mass is 16.2. The quantitative estimate of drug-likeness (QED) is 0.797. The summed E-state index contributed by atoms with van der Waals surface area (Å²) >= 11 is 0. The molecule has 0 atom stereocenters. The largest absolute Gasteiger partial charge is 0.343 e. The van der Waals surface area contributed by atoms with Crippen molar-refractivity contribution in [2.24, 2.45) is 0 Å². The van der Waals surface area contributed by atoms with Crippen molar-refractivity contribution < 1.29 is 4.79 Å². The first kappa shape index (κ1) is 13.1. The summed E-state index contributed by atoms with van der Waals surface area (Å²) < 4.78 is 0. The van der Waals surface area contributed by atoms with E-state index in [0.717, 1.165) is 12.8 Å². The summed E-state index contributed by atoms with van der Waals surface area (Å²) in [5.74, 6) is 0.964. The second-order valence-corrected chi connectivity index (χ2v) is 5.27. The number of rotatable bonds is 3. The van der Waals surface area contributed by atoms with Crippen molar-refractivity contribution in [3.63, 3.8) is 0 Å². The first-order chi connectivity index (χ1) is 8.72. The van der Waals surface area contributed by atoms with Gasteiger partial charge in [0.25, 0.3) is 0 Å². The van der Waals surface area contributed by atoms with Gasteiger partial charge >= 0.3 is 0 Å². The van der Waals surface area contributed by atoms with Gasteiger partial charge in [0.1, 0.15) is 0 Å². The minimum absolute atomic E-state index is 0.276. The van der Waals surface area contributed by atoms with Gasteiger partial charge < -0.3 is 4.90 Å². The summed E-state index contributed by atoms with van der Waals surface area (Å²) in [6, 6.07) is 11.2. The molecule has 0 heterocycles. The zero-order chi connectivity index (χ0) is 13.0. The molecule has 1 aromatic carbocycles. The van der Waals surface area contributed by atoms with Crippen LogP contribution in [0.1, 0.15) is 50.5 Å². The van der Waals surface area contributed by atoms with Gasteiger partial charge in [-0.15, -0.1) is 0 Å². The number of hydrogen-bond acceptors (Lipinski definition) is 1. The van der Waals surface area contributed by atoms with Crippen molar-refractivity contribution in [3.05, 3.63) is 35.9 Å². The van der Waals surface area contributed by atoms with Gasteiger partial charge in [0, 0.05) is 19.5 Å². The summed E-state index contributed by atoms with van der Waals surface area (Å²) in [5.41, 5.74) is 1.46. The van der Waals surface area contributed by atoms with E-state index in [1.54, 1.807) is 0 Å². The van der Waals surface area contributed by atoms with E-state index in [4.69, 9.17) is 0 Å². The smallest absolute Gasteiger partial charge is 0.222 e. The number of benzene rings is 1. The zero-order valence-electron chi connectivity index (χ0n) is 11.4. The van der Waals surface area contributed by atoms with Gasteiger partial charge in [0.15, 0.2) is 0 Å². The molecule has 1 amide bonds. The molecule has 1 saturated carbocycles. The van der Waals surface area contributed by atoms with Crippen LogP contribution in [0.5, 0.6) is 0 Å². The molecular formula is C16H23NO. The predicted molar refractivity (Wildman–Crippen MR) is 74.5 cm³/mol. The maximum absolute atomic E-state index is 11.7. The average molecular weight is 245 g/mol. The molecule has 2 nitrogen and oxygen atoms in total. The molecule has 0 aliphatic heterocycles. The molecule has 0 unspecified atom stereocenters. The first-order valence-electron chi connectivity index (χ1n) is 7.03. The second kappa shape index (κ2) is 6.03. The third kappa shape index (κ3) is 2.92. The Bertz CT molecular complexity index is 379. The van der Waals surface area contributed by atoms with Crippen LogP contribution in [0.3, 0.4) is 0 Å². The molecule has 0 bridgehead atoms. The summed E-state index contributed by atoms with van der Waals surface area (Å²) in [4.78, 5) is 13.6. The van der Waals surface area contributed by atoms with E-state index in [0.29, 0.717) is 18.4 Å². The lowest BCUT2D eigenvalue weighted by molar-refractivity contribution is -0.132. The van der Waals surface area contributed by atoms with E-state index in [1.807, 2.05) is 18.9 Å². The van der Waals surface area contributed by atoms with Gasteiger partial charge in [0.2, 0.25) is 5.91 Å². The molecule has 0 saturated heterocycles. The molecule has 0 radical (unpaired) electrons. The van der Waals surface area contributed by atoms with Gasteiger partial charge in [-0.2, -0.15) is 0 Å². The van der Waals surface area contributed by atoms with Crippen LogP contribution in [-0.2, 0) is 4.79 Å². The van der Waals surface area contributed by atoms with Gasteiger partial charge in [-0.3, -0.25) is 4.79 Å². The number of amides is 1. The third-order valence-electron chi connectivity index (χ3n) is 4.21. The van der Waals surface area contributed by atoms with E-state index >= 15 is 0 Å². The van der Waals surface area contributed by atoms with Crippen LogP contribution in [0, 0.1) is 0 Å². The van der Waals surface area contributed by atoms with Crippen molar-refractivity contribution in [3.8, 4) is 0 Å². The van der Waals surface area contributed by atoms with Crippen LogP contribution >= 0.6 is 0 Å². The molecule has 18 heavy (non-hydrogen) atoms.